The van der Waals surface area contributed by atoms with Gasteiger partial charge in [0, 0.05) is 28.7 Å². The summed E-state index contributed by atoms with van der Waals surface area (Å²) in [5.41, 5.74) is 2.63. The molecule has 1 heterocycles. The van der Waals surface area contributed by atoms with Crippen LogP contribution in [-0.4, -0.2) is 15.7 Å². The zero-order chi connectivity index (χ0) is 24.3. The first-order chi connectivity index (χ1) is 16.2. The Hall–Kier alpha value is -3.26. The monoisotopic (exact) mass is 484 g/mol. The molecule has 0 saturated heterocycles. The maximum atomic E-state index is 12.8. The van der Waals surface area contributed by atoms with Gasteiger partial charge in [0.05, 0.1) is 16.8 Å². The lowest BCUT2D eigenvalue weighted by atomic mass is 10.2. The average Bonchev–Trinajstić information content (AvgIpc) is 3.22. The van der Waals surface area contributed by atoms with Gasteiger partial charge >= 0.3 is 12.1 Å². The number of nitrogens with zero attached hydrogens (tertiary/aromatic N) is 2. The van der Waals surface area contributed by atoms with Crippen LogP contribution in [0, 0.1) is 6.92 Å². The molecule has 34 heavy (non-hydrogen) atoms. The summed E-state index contributed by atoms with van der Waals surface area (Å²) in [6.07, 6.45) is -1.42. The minimum atomic E-state index is -4.36. The van der Waals surface area contributed by atoms with Gasteiger partial charge in [-0.15, -0.1) is 11.8 Å². The number of ether oxygens (including phenoxy) is 1. The summed E-state index contributed by atoms with van der Waals surface area (Å²) in [5.74, 6) is 1.07. The van der Waals surface area contributed by atoms with Crippen LogP contribution in [0.3, 0.4) is 0 Å². The van der Waals surface area contributed by atoms with Gasteiger partial charge < -0.3 is 4.74 Å². The van der Waals surface area contributed by atoms with Crippen molar-refractivity contribution < 1.29 is 22.7 Å². The molecule has 4 nitrogen and oxygen atoms in total. The largest absolute Gasteiger partial charge is 0.426 e. The number of esters is 1. The van der Waals surface area contributed by atoms with Gasteiger partial charge in [-0.2, -0.15) is 18.3 Å². The number of aromatic nitrogens is 2. The third kappa shape index (κ3) is 5.62. The Kier molecular flexibility index (Phi) is 6.97. The van der Waals surface area contributed by atoms with Crippen molar-refractivity contribution in [2.24, 2.45) is 0 Å². The molecule has 3 aromatic carbocycles. The van der Waals surface area contributed by atoms with Gasteiger partial charge in [0.2, 0.25) is 0 Å². The minimum Gasteiger partial charge on any atom is -0.426 e. The van der Waals surface area contributed by atoms with E-state index in [-0.39, 0.29) is 5.97 Å². The maximum absolute atomic E-state index is 12.8. The molecule has 176 valence electrons. The second-order valence-electron chi connectivity index (χ2n) is 7.95. The van der Waals surface area contributed by atoms with Crippen molar-refractivity contribution in [3.8, 4) is 11.4 Å². The lowest BCUT2D eigenvalue weighted by Gasteiger charge is -2.09. The molecule has 0 aliphatic carbocycles. The predicted molar refractivity (Wildman–Crippen MR) is 127 cm³/mol. The van der Waals surface area contributed by atoms with Gasteiger partial charge in [-0.25, -0.2) is 4.68 Å². The van der Waals surface area contributed by atoms with E-state index < -0.39 is 11.7 Å². The number of benzene rings is 3. The Balaban J connectivity index is 1.44. The third-order valence-electron chi connectivity index (χ3n) is 5.26. The highest BCUT2D eigenvalue weighted by molar-refractivity contribution is 7.98. The number of hydrogen-bond donors (Lipinski definition) is 0. The smallest absolute Gasteiger partial charge is 0.416 e. The van der Waals surface area contributed by atoms with Crippen LogP contribution in [0.5, 0.6) is 5.75 Å². The van der Waals surface area contributed by atoms with Crippen LogP contribution >= 0.6 is 11.8 Å². The zero-order valence-corrected chi connectivity index (χ0v) is 19.5. The van der Waals surface area contributed by atoms with E-state index in [9.17, 15) is 18.0 Å². The van der Waals surface area contributed by atoms with Crippen molar-refractivity contribution in [3.63, 3.8) is 0 Å². The van der Waals surface area contributed by atoms with Gasteiger partial charge in [0.25, 0.3) is 0 Å². The zero-order valence-electron chi connectivity index (χ0n) is 18.7. The van der Waals surface area contributed by atoms with E-state index in [0.717, 1.165) is 51.2 Å². The molecule has 0 atom stereocenters. The molecular formula is C26H23F3N2O2S. The van der Waals surface area contributed by atoms with E-state index in [2.05, 4.69) is 5.10 Å². The summed E-state index contributed by atoms with van der Waals surface area (Å²) >= 11 is 1.66. The highest BCUT2D eigenvalue weighted by Crippen LogP contribution is 2.31. The molecule has 0 aliphatic heterocycles. The first-order valence-corrected chi connectivity index (χ1v) is 11.8. The number of aryl methyl sites for hydroxylation is 1. The first-order valence-electron chi connectivity index (χ1n) is 10.8. The number of thioether (sulfide) groups is 1. The lowest BCUT2D eigenvalue weighted by Crippen LogP contribution is -2.07. The Labute approximate surface area is 199 Å². The second kappa shape index (κ2) is 9.93. The highest BCUT2D eigenvalue weighted by Gasteiger charge is 2.30. The third-order valence-corrected chi connectivity index (χ3v) is 6.33. The van der Waals surface area contributed by atoms with Gasteiger partial charge in [-0.3, -0.25) is 4.79 Å². The summed E-state index contributed by atoms with van der Waals surface area (Å²) in [7, 11) is 0. The number of hydrogen-bond acceptors (Lipinski definition) is 4. The van der Waals surface area contributed by atoms with Crippen LogP contribution in [0.4, 0.5) is 13.2 Å². The first kappa shape index (κ1) is 23.9. The molecule has 8 heteroatoms. The quantitative estimate of drug-likeness (QED) is 0.156. The molecule has 0 unspecified atom stereocenters. The normalized spacial score (nSPS) is 11.7. The standard InChI is InChI=1S/C26H23F3N2O2S/c1-3-4-25(32)33-24-12-11-22(13-17(24)2)34-16-18-5-6-19-15-31(30-23(19)14-18)21-9-7-20(8-10-21)26(27,28)29/h5-15H,3-4,16H2,1-2H3. The van der Waals surface area contributed by atoms with E-state index in [1.807, 2.05) is 50.2 Å². The highest BCUT2D eigenvalue weighted by atomic mass is 32.2. The van der Waals surface area contributed by atoms with E-state index >= 15 is 0 Å². The Morgan fingerprint density at radius 1 is 1.06 bits per heavy atom. The Morgan fingerprint density at radius 3 is 2.50 bits per heavy atom. The number of rotatable bonds is 7. The fourth-order valence-electron chi connectivity index (χ4n) is 3.46. The molecule has 0 fully saturated rings. The molecule has 0 aliphatic rings. The number of carbonyl (C=O) groups is 1. The molecule has 0 saturated carbocycles. The van der Waals surface area contributed by atoms with E-state index in [0.29, 0.717) is 17.9 Å². The van der Waals surface area contributed by atoms with Crippen LogP contribution in [0.25, 0.3) is 16.6 Å². The van der Waals surface area contributed by atoms with Crippen molar-refractivity contribution in [2.45, 2.75) is 43.5 Å². The SMILES string of the molecule is CCCC(=O)Oc1ccc(SCc2ccc3cn(-c4ccc(C(F)(F)F)cc4)nc3c2)cc1C. The molecule has 4 aromatic rings. The summed E-state index contributed by atoms with van der Waals surface area (Å²) in [4.78, 5) is 12.8. The van der Waals surface area contributed by atoms with Gasteiger partial charge in [0.1, 0.15) is 5.75 Å². The van der Waals surface area contributed by atoms with Gasteiger partial charge in [-0.05, 0) is 73.0 Å². The summed E-state index contributed by atoms with van der Waals surface area (Å²) < 4.78 is 45.4. The molecule has 0 spiro atoms. The average molecular weight is 485 g/mol. The fraction of sp³-hybridized carbons (Fsp3) is 0.231. The lowest BCUT2D eigenvalue weighted by molar-refractivity contribution is -0.137. The summed E-state index contributed by atoms with van der Waals surface area (Å²) in [6.45, 7) is 3.85. The molecular weight excluding hydrogens is 461 g/mol. The van der Waals surface area contributed by atoms with Crippen LogP contribution < -0.4 is 4.74 Å². The summed E-state index contributed by atoms with van der Waals surface area (Å²) in [6, 6.07) is 16.7. The second-order valence-corrected chi connectivity index (χ2v) is 9.00. The molecule has 4 rings (SSSR count). The van der Waals surface area contributed by atoms with Crippen molar-refractivity contribution in [3.05, 3.63) is 83.6 Å². The number of carbonyl (C=O) groups excluding carboxylic acids is 1. The maximum Gasteiger partial charge on any atom is 0.416 e. The number of alkyl halides is 3. The Morgan fingerprint density at radius 2 is 1.82 bits per heavy atom. The van der Waals surface area contributed by atoms with Crippen molar-refractivity contribution in [1.29, 1.82) is 0 Å². The molecule has 0 bridgehead atoms. The number of fused-ring (bicyclic) bond motifs is 1. The van der Waals surface area contributed by atoms with Crippen molar-refractivity contribution in [1.82, 2.24) is 9.78 Å². The van der Waals surface area contributed by atoms with Gasteiger partial charge in [-0.1, -0.05) is 19.1 Å². The van der Waals surface area contributed by atoms with Crippen LogP contribution in [0.1, 0.15) is 36.5 Å². The van der Waals surface area contributed by atoms with Crippen molar-refractivity contribution >= 4 is 28.6 Å². The summed E-state index contributed by atoms with van der Waals surface area (Å²) in [5, 5.41) is 5.44. The van der Waals surface area contributed by atoms with Crippen LogP contribution in [0.15, 0.2) is 71.8 Å². The van der Waals surface area contributed by atoms with Crippen molar-refractivity contribution in [2.75, 3.05) is 0 Å². The van der Waals surface area contributed by atoms with E-state index in [4.69, 9.17) is 4.74 Å². The number of halogens is 3. The van der Waals surface area contributed by atoms with E-state index in [1.165, 1.54) is 12.1 Å². The molecule has 0 radical (unpaired) electrons. The molecule has 0 amide bonds. The molecule has 0 N–H and O–H groups in total. The van der Waals surface area contributed by atoms with Gasteiger partial charge in [0.15, 0.2) is 0 Å². The van der Waals surface area contributed by atoms with E-state index in [1.54, 1.807) is 22.6 Å². The molecule has 1 aromatic heterocycles. The minimum absolute atomic E-state index is 0.227. The fourth-order valence-corrected chi connectivity index (χ4v) is 4.39. The van der Waals surface area contributed by atoms with Crippen LogP contribution in [0.2, 0.25) is 0 Å². The Bertz CT molecular complexity index is 1310. The predicted octanol–water partition coefficient (Wildman–Crippen LogP) is 7.35. The van der Waals surface area contributed by atoms with Crippen LogP contribution in [-0.2, 0) is 16.7 Å². The topological polar surface area (TPSA) is 44.1 Å².